The van der Waals surface area contributed by atoms with Crippen LogP contribution in [0, 0.1) is 26.7 Å². The molecule has 3 aromatic heterocycles. The van der Waals surface area contributed by atoms with Gasteiger partial charge in [0.15, 0.2) is 0 Å². The number of nitrogens with zero attached hydrogens (tertiary/aromatic N) is 4. The number of aromatic nitrogens is 3. The van der Waals surface area contributed by atoms with Gasteiger partial charge in [-0.2, -0.15) is 0 Å². The Morgan fingerprint density at radius 2 is 1.30 bits per heavy atom. The molecule has 0 saturated heterocycles. The monoisotopic (exact) mass is 622 g/mol. The third-order valence-electron chi connectivity index (χ3n) is 8.94. The quantitative estimate of drug-likeness (QED) is 0.369. The van der Waals surface area contributed by atoms with Crippen molar-refractivity contribution in [2.45, 2.75) is 86.1 Å². The number of carbonyl (C=O) groups is 2. The SMILES string of the molecule is CCc1c(C)/c2[n-]/c1=C\C1=C(C)[C@@H](CC)C(/C=c3\[n-]/c(c(CCC(=O)O)c3C)=C\c3[n-]c(c(C)c3CCC(=O)O)\C=2)[N-]1.[Fe+4]. The second kappa shape index (κ2) is 12.9. The Morgan fingerprint density at radius 3 is 1.93 bits per heavy atom. The number of carboxylic acids is 2. The standard InChI is InChI=1S/C34H38N4O4.Fe/c1-7-21-17(3)25-13-26-19(5)23(9-11-33(39)40)31(37-26)16-32-24(10-12-34(41)42)20(6)28(38-32)15-30-22(8-2)18(4)27(36-30)14-29(21)35-25;/h13-16,22,30H,7-12H2,1-6H3,(H,39,40)(H,41,42);/q-4;+4/b25-13-,28-15-,29-14-,32-16-;/t22-,30?;/m1./s1. The van der Waals surface area contributed by atoms with Crippen LogP contribution in [0.2, 0.25) is 0 Å². The van der Waals surface area contributed by atoms with E-state index in [1.807, 2.05) is 26.0 Å². The van der Waals surface area contributed by atoms with E-state index in [-0.39, 0.29) is 41.9 Å². The number of hydrogen-bond donors (Lipinski definition) is 2. The van der Waals surface area contributed by atoms with Crippen molar-refractivity contribution in [3.8, 4) is 0 Å². The molecule has 2 aliphatic heterocycles. The van der Waals surface area contributed by atoms with Gasteiger partial charge in [0.2, 0.25) is 0 Å². The molecule has 0 spiro atoms. The van der Waals surface area contributed by atoms with Crippen molar-refractivity contribution in [3.63, 3.8) is 0 Å². The molecule has 8 nitrogen and oxygen atoms in total. The minimum Gasteiger partial charge on any atom is -0.678 e. The van der Waals surface area contributed by atoms with Gasteiger partial charge in [0.05, 0.1) is 0 Å². The summed E-state index contributed by atoms with van der Waals surface area (Å²) in [6, 6.07) is -0.0906. The van der Waals surface area contributed by atoms with Crippen LogP contribution < -0.4 is 36.3 Å². The van der Waals surface area contributed by atoms with Gasteiger partial charge < -0.3 is 30.5 Å². The first-order valence-electron chi connectivity index (χ1n) is 14.7. The van der Waals surface area contributed by atoms with Crippen molar-refractivity contribution < 1.29 is 36.9 Å². The second-order valence-electron chi connectivity index (χ2n) is 11.4. The van der Waals surface area contributed by atoms with Gasteiger partial charge in [-0.3, -0.25) is 9.59 Å². The van der Waals surface area contributed by atoms with Crippen LogP contribution in [0.15, 0.2) is 11.3 Å². The zero-order valence-corrected chi connectivity index (χ0v) is 26.7. The van der Waals surface area contributed by atoms with Gasteiger partial charge in [0.25, 0.3) is 0 Å². The van der Waals surface area contributed by atoms with Crippen LogP contribution in [0.1, 0.15) is 84.8 Å². The predicted molar refractivity (Wildman–Crippen MR) is 163 cm³/mol. The van der Waals surface area contributed by atoms with Crippen molar-refractivity contribution in [2.24, 2.45) is 5.92 Å². The van der Waals surface area contributed by atoms with Crippen molar-refractivity contribution in [1.29, 1.82) is 0 Å². The van der Waals surface area contributed by atoms with Crippen LogP contribution in [0.25, 0.3) is 29.6 Å². The number of rotatable bonds is 8. The molecule has 2 N–H and O–H groups in total. The van der Waals surface area contributed by atoms with E-state index in [1.165, 1.54) is 11.1 Å². The molecule has 43 heavy (non-hydrogen) atoms. The summed E-state index contributed by atoms with van der Waals surface area (Å²) in [5, 5.41) is 27.3. The normalized spacial score (nSPS) is 20.4. The number of fused-ring (bicyclic) bond motifs is 8. The molecule has 1 unspecified atom stereocenters. The van der Waals surface area contributed by atoms with Crippen LogP contribution >= 0.6 is 0 Å². The van der Waals surface area contributed by atoms with Crippen LogP contribution in [0.5, 0.6) is 0 Å². The molecule has 2 aliphatic rings. The van der Waals surface area contributed by atoms with E-state index in [9.17, 15) is 19.8 Å². The van der Waals surface area contributed by atoms with Crippen LogP contribution in [0.3, 0.4) is 0 Å². The Bertz CT molecular complexity index is 1850. The number of hydrogen-bond acceptors (Lipinski definition) is 2. The fourth-order valence-corrected chi connectivity index (χ4v) is 6.43. The van der Waals surface area contributed by atoms with E-state index in [1.54, 1.807) is 0 Å². The first-order chi connectivity index (χ1) is 20.0. The minimum absolute atomic E-state index is 0. The van der Waals surface area contributed by atoms with Gasteiger partial charge in [-0.05, 0) is 52.9 Å². The Labute approximate surface area is 262 Å². The Hall–Kier alpha value is -3.68. The summed E-state index contributed by atoms with van der Waals surface area (Å²) in [5.74, 6) is -1.51. The molecule has 2 atom stereocenters. The molecule has 0 aromatic carbocycles. The summed E-state index contributed by atoms with van der Waals surface area (Å²) in [6.07, 6.45) is 10.5. The molecule has 0 fully saturated rings. The average Bonchev–Trinajstić information content (AvgIpc) is 3.59. The molecular formula is C34H38FeN4O4. The molecule has 5 rings (SSSR count). The molecule has 9 heteroatoms. The summed E-state index contributed by atoms with van der Waals surface area (Å²) in [7, 11) is 0. The molecule has 0 aliphatic carbocycles. The first kappa shape index (κ1) is 32.2. The maximum Gasteiger partial charge on any atom is 4.00 e. The maximum atomic E-state index is 11.5. The fourth-order valence-electron chi connectivity index (χ4n) is 6.43. The molecule has 0 radical (unpaired) electrons. The zero-order valence-electron chi connectivity index (χ0n) is 25.6. The van der Waals surface area contributed by atoms with E-state index >= 15 is 0 Å². The summed E-state index contributed by atoms with van der Waals surface area (Å²) in [5.41, 5.74) is 9.48. The zero-order chi connectivity index (χ0) is 30.3. The van der Waals surface area contributed by atoms with Gasteiger partial charge >= 0.3 is 29.0 Å². The number of allylic oxidation sites excluding steroid dienone is 1. The number of aliphatic carboxylic acids is 2. The van der Waals surface area contributed by atoms with Crippen molar-refractivity contribution in [3.05, 3.63) is 82.8 Å². The molecule has 0 saturated carbocycles. The van der Waals surface area contributed by atoms with Crippen LogP contribution in [0.4, 0.5) is 0 Å². The van der Waals surface area contributed by atoms with E-state index in [0.717, 1.165) is 68.1 Å². The third kappa shape index (κ3) is 6.20. The van der Waals surface area contributed by atoms with Gasteiger partial charge in [0.1, 0.15) is 0 Å². The van der Waals surface area contributed by atoms with Gasteiger partial charge in [-0.15, -0.1) is 44.6 Å². The van der Waals surface area contributed by atoms with E-state index in [2.05, 4.69) is 39.8 Å². The van der Waals surface area contributed by atoms with Crippen molar-refractivity contribution >= 4 is 36.2 Å². The maximum absolute atomic E-state index is 11.5. The summed E-state index contributed by atoms with van der Waals surface area (Å²) < 4.78 is 0. The molecule has 226 valence electrons. The van der Waals surface area contributed by atoms with Gasteiger partial charge in [-0.1, -0.05) is 83.5 Å². The van der Waals surface area contributed by atoms with Crippen LogP contribution in [-0.4, -0.2) is 28.2 Å². The van der Waals surface area contributed by atoms with E-state index in [0.29, 0.717) is 23.9 Å². The molecule has 5 heterocycles. The predicted octanol–water partition coefficient (Wildman–Crippen LogP) is 2.37. The van der Waals surface area contributed by atoms with Crippen LogP contribution in [-0.2, 0) is 45.9 Å². The Morgan fingerprint density at radius 1 is 0.721 bits per heavy atom. The molecular weight excluding hydrogens is 584 g/mol. The summed E-state index contributed by atoms with van der Waals surface area (Å²) in [6.45, 7) is 12.5. The number of carboxylic acid groups (broad SMARTS) is 2. The van der Waals surface area contributed by atoms with E-state index < -0.39 is 11.9 Å². The molecule has 3 aromatic rings. The Kier molecular flexibility index (Phi) is 9.67. The Balaban J connectivity index is 0.00000423. The third-order valence-corrected chi connectivity index (χ3v) is 8.94. The van der Waals surface area contributed by atoms with Crippen molar-refractivity contribution in [2.75, 3.05) is 0 Å². The minimum atomic E-state index is -0.873. The topological polar surface area (TPSA) is 131 Å². The van der Waals surface area contributed by atoms with Gasteiger partial charge in [-0.25, -0.2) is 0 Å². The summed E-state index contributed by atoms with van der Waals surface area (Å²) in [4.78, 5) is 38.1. The summed E-state index contributed by atoms with van der Waals surface area (Å²) >= 11 is 0. The van der Waals surface area contributed by atoms with E-state index in [4.69, 9.17) is 20.3 Å². The molecule has 0 amide bonds. The first-order valence-corrected chi connectivity index (χ1v) is 14.7. The largest absolute Gasteiger partial charge is 4.00 e. The molecule has 8 bridgehead atoms. The fraction of sp³-hybridized carbons (Fsp3) is 0.412. The smallest absolute Gasteiger partial charge is 0.678 e. The average molecular weight is 623 g/mol. The van der Waals surface area contributed by atoms with Gasteiger partial charge in [0, 0.05) is 12.8 Å². The van der Waals surface area contributed by atoms with Crippen molar-refractivity contribution in [1.82, 2.24) is 15.0 Å². The second-order valence-corrected chi connectivity index (χ2v) is 11.4.